The summed E-state index contributed by atoms with van der Waals surface area (Å²) in [7, 11) is 1.68. The number of carbonyl (C=O) groups is 1. The van der Waals surface area contributed by atoms with Crippen LogP contribution in [0.25, 0.3) is 5.69 Å². The van der Waals surface area contributed by atoms with E-state index in [1.54, 1.807) is 28.6 Å². The molecule has 0 amide bonds. The van der Waals surface area contributed by atoms with Crippen LogP contribution < -0.4 is 10.0 Å². The predicted octanol–water partition coefficient (Wildman–Crippen LogP) is -0.641. The van der Waals surface area contributed by atoms with Gasteiger partial charge in [0.1, 0.15) is 6.33 Å². The number of hydrogen-bond donors (Lipinski definition) is 0. The maximum absolute atomic E-state index is 10.5. The fraction of sp³-hybridized carbons (Fsp3) is 0.182. The molecule has 2 rings (SSSR count). The average molecular weight is 262 g/mol. The Labute approximate surface area is 109 Å². The lowest BCUT2D eigenvalue weighted by Crippen LogP contribution is -2.35. The minimum Gasteiger partial charge on any atom is -0.740 e. The van der Waals surface area contributed by atoms with Gasteiger partial charge in [-0.1, -0.05) is 0 Å². The molecule has 0 aliphatic carbocycles. The third-order valence-electron chi connectivity index (χ3n) is 2.45. The monoisotopic (exact) mass is 262 g/mol. The molecule has 2 aromatic rings. The zero-order valence-corrected chi connectivity index (χ0v) is 10.4. The molecule has 0 bridgehead atoms. The Morgan fingerprint density at radius 2 is 2.11 bits per heavy atom. The molecule has 0 aliphatic heterocycles. The Hall–Kier alpha value is -2.15. The fourth-order valence-corrected chi connectivity index (χ4v) is 1.75. The number of aromatic nitrogens is 3. The van der Waals surface area contributed by atoms with E-state index in [1.165, 1.54) is 6.33 Å². The Balaban J connectivity index is 2.20. The summed E-state index contributed by atoms with van der Waals surface area (Å²) in [6.45, 7) is -0.154. The van der Waals surface area contributed by atoms with Crippen molar-refractivity contribution in [1.82, 2.24) is 14.8 Å². The standard InChI is InChI=1S/C11H12N4O2S/c1-14(6-10(16)17)8-2-4-9(5-3-8)15-7-12-13-11(15)18/h2-5,7H,6H2,1H3,(H,13,18)(H,16,17)/p-2. The van der Waals surface area contributed by atoms with Gasteiger partial charge in [-0.15, -0.1) is 5.10 Å². The quantitative estimate of drug-likeness (QED) is 0.682. The van der Waals surface area contributed by atoms with E-state index in [0.717, 1.165) is 11.4 Å². The van der Waals surface area contributed by atoms with Crippen molar-refractivity contribution in [3.05, 3.63) is 30.6 Å². The van der Waals surface area contributed by atoms with E-state index in [-0.39, 0.29) is 6.54 Å². The van der Waals surface area contributed by atoms with Crippen molar-refractivity contribution in [1.29, 1.82) is 0 Å². The number of carboxylic acid groups (broad SMARTS) is 1. The molecule has 1 heterocycles. The maximum Gasteiger partial charge on any atom is 0.122 e. The van der Waals surface area contributed by atoms with Gasteiger partial charge in [-0.05, 0) is 24.3 Å². The van der Waals surface area contributed by atoms with Gasteiger partial charge in [0.05, 0.1) is 12.5 Å². The number of aliphatic carboxylic acids is 1. The average Bonchev–Trinajstić information content (AvgIpc) is 2.75. The molecule has 0 radical (unpaired) electrons. The van der Waals surface area contributed by atoms with Crippen molar-refractivity contribution in [2.75, 3.05) is 18.5 Å². The highest BCUT2D eigenvalue weighted by atomic mass is 32.1. The van der Waals surface area contributed by atoms with E-state index < -0.39 is 5.97 Å². The highest BCUT2D eigenvalue weighted by Crippen LogP contribution is 2.16. The number of anilines is 1. The Kier molecular flexibility index (Phi) is 3.42. The van der Waals surface area contributed by atoms with Crippen LogP contribution in [0.15, 0.2) is 35.7 Å². The van der Waals surface area contributed by atoms with Crippen molar-refractivity contribution in [3.63, 3.8) is 0 Å². The molecular formula is C11H10N4O2S-2. The van der Waals surface area contributed by atoms with Gasteiger partial charge in [0, 0.05) is 23.6 Å². The summed E-state index contributed by atoms with van der Waals surface area (Å²) < 4.78 is 1.66. The second-order valence-electron chi connectivity index (χ2n) is 3.73. The lowest BCUT2D eigenvalue weighted by Gasteiger charge is -2.20. The summed E-state index contributed by atoms with van der Waals surface area (Å²) in [5.41, 5.74) is 1.61. The zero-order valence-electron chi connectivity index (χ0n) is 9.61. The SMILES string of the molecule is CN(CC(=O)[O-])c1ccc(-n2cnnc2[S-])cc1. The number of carbonyl (C=O) groups excluding carboxylic acids is 1. The normalized spacial score (nSPS) is 10.3. The molecule has 0 spiro atoms. The topological polar surface area (TPSA) is 74.1 Å². The lowest BCUT2D eigenvalue weighted by atomic mass is 10.2. The third-order valence-corrected chi connectivity index (χ3v) is 2.73. The van der Waals surface area contributed by atoms with E-state index in [1.807, 2.05) is 12.1 Å². The van der Waals surface area contributed by atoms with Gasteiger partial charge in [0.2, 0.25) is 0 Å². The molecule has 7 heteroatoms. The minimum atomic E-state index is -1.12. The summed E-state index contributed by atoms with van der Waals surface area (Å²) in [5, 5.41) is 18.3. The van der Waals surface area contributed by atoms with Gasteiger partial charge in [-0.2, -0.15) is 5.10 Å². The first kappa shape index (κ1) is 12.3. The van der Waals surface area contributed by atoms with Crippen LogP contribution in [0.4, 0.5) is 5.69 Å². The highest BCUT2D eigenvalue weighted by Gasteiger charge is 2.02. The number of likely N-dealkylation sites (N-methyl/N-ethyl adjacent to an activating group) is 1. The summed E-state index contributed by atoms with van der Waals surface area (Å²) in [6.07, 6.45) is 1.53. The number of rotatable bonds is 4. The lowest BCUT2D eigenvalue weighted by molar-refractivity contribution is -0.303. The van der Waals surface area contributed by atoms with Crippen molar-refractivity contribution in [2.24, 2.45) is 0 Å². The van der Waals surface area contributed by atoms with Crippen LogP contribution >= 0.6 is 0 Å². The molecular weight excluding hydrogens is 252 g/mol. The maximum atomic E-state index is 10.5. The van der Waals surface area contributed by atoms with Crippen LogP contribution in [0, 0.1) is 0 Å². The van der Waals surface area contributed by atoms with Gasteiger partial charge < -0.3 is 32.0 Å². The number of carboxylic acids is 1. The Morgan fingerprint density at radius 1 is 1.44 bits per heavy atom. The van der Waals surface area contributed by atoms with E-state index in [9.17, 15) is 9.90 Å². The molecule has 6 nitrogen and oxygen atoms in total. The van der Waals surface area contributed by atoms with Gasteiger partial charge >= 0.3 is 0 Å². The van der Waals surface area contributed by atoms with Gasteiger partial charge in [-0.3, -0.25) is 0 Å². The number of nitrogens with zero attached hydrogens (tertiary/aromatic N) is 4. The second kappa shape index (κ2) is 5.01. The van der Waals surface area contributed by atoms with Crippen LogP contribution in [0.1, 0.15) is 0 Å². The van der Waals surface area contributed by atoms with Crippen molar-refractivity contribution >= 4 is 24.3 Å². The molecule has 1 aromatic carbocycles. The van der Waals surface area contributed by atoms with Gasteiger partial charge in [0.15, 0.2) is 0 Å². The first-order chi connectivity index (χ1) is 8.58. The number of hydrogen-bond acceptors (Lipinski definition) is 6. The first-order valence-corrected chi connectivity index (χ1v) is 5.57. The first-order valence-electron chi connectivity index (χ1n) is 5.16. The molecule has 18 heavy (non-hydrogen) atoms. The van der Waals surface area contributed by atoms with E-state index in [4.69, 9.17) is 12.6 Å². The molecule has 0 saturated heterocycles. The summed E-state index contributed by atoms with van der Waals surface area (Å²) in [5.74, 6) is -1.12. The Bertz CT molecular complexity index is 552. The Morgan fingerprint density at radius 3 is 2.61 bits per heavy atom. The van der Waals surface area contributed by atoms with Crippen LogP contribution in [-0.4, -0.2) is 34.3 Å². The second-order valence-corrected chi connectivity index (χ2v) is 4.09. The molecule has 0 atom stereocenters. The zero-order chi connectivity index (χ0) is 13.1. The third kappa shape index (κ3) is 2.57. The van der Waals surface area contributed by atoms with Crippen LogP contribution in [0.3, 0.4) is 0 Å². The molecule has 94 valence electrons. The summed E-state index contributed by atoms with van der Waals surface area (Å²) >= 11 is 5.00. The molecule has 0 N–H and O–H groups in total. The van der Waals surface area contributed by atoms with E-state index in [0.29, 0.717) is 5.16 Å². The van der Waals surface area contributed by atoms with E-state index in [2.05, 4.69) is 10.2 Å². The highest BCUT2D eigenvalue weighted by molar-refractivity contribution is 7.58. The van der Waals surface area contributed by atoms with Gasteiger partial charge in [0.25, 0.3) is 0 Å². The molecule has 1 aromatic heterocycles. The summed E-state index contributed by atoms with van der Waals surface area (Å²) in [4.78, 5) is 12.1. The number of benzene rings is 1. The van der Waals surface area contributed by atoms with Crippen LogP contribution in [0.5, 0.6) is 0 Å². The largest absolute Gasteiger partial charge is 0.740 e. The van der Waals surface area contributed by atoms with Crippen molar-refractivity contribution in [3.8, 4) is 5.69 Å². The smallest absolute Gasteiger partial charge is 0.122 e. The molecule has 0 unspecified atom stereocenters. The minimum absolute atomic E-state index is 0.154. The van der Waals surface area contributed by atoms with E-state index >= 15 is 0 Å². The van der Waals surface area contributed by atoms with Gasteiger partial charge in [-0.25, -0.2) is 0 Å². The van der Waals surface area contributed by atoms with Crippen LogP contribution in [0.2, 0.25) is 0 Å². The van der Waals surface area contributed by atoms with Crippen molar-refractivity contribution < 1.29 is 9.90 Å². The molecule has 0 fully saturated rings. The van der Waals surface area contributed by atoms with Crippen molar-refractivity contribution in [2.45, 2.75) is 5.16 Å². The molecule has 0 aliphatic rings. The molecule has 0 saturated carbocycles. The fourth-order valence-electron chi connectivity index (χ4n) is 1.55. The predicted molar refractivity (Wildman–Crippen MR) is 65.3 cm³/mol. The summed E-state index contributed by atoms with van der Waals surface area (Å²) in [6, 6.07) is 7.24. The van der Waals surface area contributed by atoms with Crippen LogP contribution in [-0.2, 0) is 17.4 Å².